The maximum Gasteiger partial charge on any atom is 0.387 e. The highest BCUT2D eigenvalue weighted by atomic mass is 19.3. The number of aromatic nitrogens is 2. The summed E-state index contributed by atoms with van der Waals surface area (Å²) in [6.45, 7) is 1.02. The number of fused-ring (bicyclic) bond motifs is 9. The van der Waals surface area contributed by atoms with E-state index in [0.29, 0.717) is 23.1 Å². The molecule has 1 saturated carbocycles. The van der Waals surface area contributed by atoms with Gasteiger partial charge in [-0.15, -0.1) is 6.42 Å². The van der Waals surface area contributed by atoms with E-state index in [1.165, 1.54) is 25.3 Å². The molecule has 1 aliphatic carbocycles. The van der Waals surface area contributed by atoms with E-state index in [1.54, 1.807) is 24.1 Å². The van der Waals surface area contributed by atoms with Gasteiger partial charge in [-0.25, -0.2) is 4.98 Å². The van der Waals surface area contributed by atoms with Crippen molar-refractivity contribution < 1.29 is 18.3 Å². The maximum atomic E-state index is 13.0. The number of carbonyl (C=O) groups is 1. The third-order valence-corrected chi connectivity index (χ3v) is 7.09. The number of ether oxygens (including phenoxy) is 1. The lowest BCUT2D eigenvalue weighted by molar-refractivity contribution is -0.0507. The Bertz CT molecular complexity index is 1290. The van der Waals surface area contributed by atoms with E-state index >= 15 is 0 Å². The minimum absolute atomic E-state index is 0.0164. The van der Waals surface area contributed by atoms with Gasteiger partial charge < -0.3 is 19.5 Å². The quantitative estimate of drug-likeness (QED) is 0.487. The second-order valence-corrected chi connectivity index (χ2v) is 8.88. The summed E-state index contributed by atoms with van der Waals surface area (Å²) in [7, 11) is 3.74. The number of nitrogens with zero attached hydrogens (tertiary/aromatic N) is 3. The molecule has 0 spiro atoms. The molecule has 1 amide bonds. The lowest BCUT2D eigenvalue weighted by Crippen LogP contribution is -2.31. The Morgan fingerprint density at radius 1 is 1.19 bits per heavy atom. The van der Waals surface area contributed by atoms with E-state index in [4.69, 9.17) is 16.1 Å². The fourth-order valence-electron chi connectivity index (χ4n) is 5.07. The minimum Gasteiger partial charge on any atom is -0.434 e. The number of nitrogens with one attached hydrogen (secondary N) is 1. The highest BCUT2D eigenvalue weighted by Crippen LogP contribution is 2.49. The van der Waals surface area contributed by atoms with Gasteiger partial charge in [-0.2, -0.15) is 8.78 Å². The average Bonchev–Trinajstić information content (AvgIpc) is 3.37. The summed E-state index contributed by atoms with van der Waals surface area (Å²) in [5.41, 5.74) is 3.11. The van der Waals surface area contributed by atoms with Gasteiger partial charge in [-0.1, -0.05) is 32.3 Å². The van der Waals surface area contributed by atoms with Gasteiger partial charge in [0.05, 0.1) is 23.1 Å². The molecule has 36 heavy (non-hydrogen) atoms. The molecule has 3 aromatic rings. The van der Waals surface area contributed by atoms with Gasteiger partial charge in [-0.05, 0) is 50.2 Å². The van der Waals surface area contributed by atoms with Crippen LogP contribution in [0, 0.1) is 12.3 Å². The van der Waals surface area contributed by atoms with Crippen LogP contribution in [-0.2, 0) is 0 Å². The van der Waals surface area contributed by atoms with Crippen LogP contribution in [0.4, 0.5) is 8.78 Å². The van der Waals surface area contributed by atoms with Crippen molar-refractivity contribution in [2.45, 2.75) is 64.3 Å². The molecule has 1 aromatic heterocycles. The normalized spacial score (nSPS) is 19.7. The van der Waals surface area contributed by atoms with Crippen molar-refractivity contribution in [3.8, 4) is 18.1 Å². The molecule has 1 fully saturated rings. The Hall–Kier alpha value is -3.44. The predicted molar refractivity (Wildman–Crippen MR) is 136 cm³/mol. The number of terminal acetylenes is 1. The number of rotatable bonds is 3. The van der Waals surface area contributed by atoms with Gasteiger partial charge in [-0.3, -0.25) is 4.79 Å². The monoisotopic (exact) mass is 494 g/mol. The van der Waals surface area contributed by atoms with Crippen molar-refractivity contribution in [2.24, 2.45) is 0 Å². The first-order valence-electron chi connectivity index (χ1n) is 12.4. The van der Waals surface area contributed by atoms with Crippen LogP contribution in [-0.4, -0.2) is 47.1 Å². The Kier molecular flexibility index (Phi) is 7.60. The number of carbonyl (C=O) groups excluding carboxylic acids is 1. The summed E-state index contributed by atoms with van der Waals surface area (Å²) >= 11 is 0. The molecule has 6 nitrogen and oxygen atoms in total. The van der Waals surface area contributed by atoms with E-state index in [9.17, 15) is 13.6 Å². The molecule has 0 saturated heterocycles. The number of halogens is 2. The number of hydrogen-bond donors (Lipinski definition) is 1. The molecule has 1 unspecified atom stereocenters. The van der Waals surface area contributed by atoms with Crippen molar-refractivity contribution in [2.75, 3.05) is 14.1 Å². The third-order valence-electron chi connectivity index (χ3n) is 7.09. The first kappa shape index (κ1) is 25.6. The molecule has 190 valence electrons. The fourth-order valence-corrected chi connectivity index (χ4v) is 5.07. The predicted octanol–water partition coefficient (Wildman–Crippen LogP) is 5.52. The van der Waals surface area contributed by atoms with Gasteiger partial charge in [0.2, 0.25) is 0 Å². The van der Waals surface area contributed by atoms with E-state index < -0.39 is 6.61 Å². The number of imidazole rings is 1. The number of benzene rings is 2. The second kappa shape index (κ2) is 10.7. The van der Waals surface area contributed by atoms with E-state index in [-0.39, 0.29) is 23.7 Å². The topological polar surface area (TPSA) is 59.4 Å². The van der Waals surface area contributed by atoms with Crippen LogP contribution in [0.25, 0.3) is 11.0 Å². The summed E-state index contributed by atoms with van der Waals surface area (Å²) in [5, 5.41) is 3.20. The number of hydrogen-bond acceptors (Lipinski definition) is 4. The molecule has 2 bridgehead atoms. The van der Waals surface area contributed by atoms with Gasteiger partial charge in [0.1, 0.15) is 11.6 Å². The van der Waals surface area contributed by atoms with Crippen molar-refractivity contribution >= 4 is 16.9 Å². The largest absolute Gasteiger partial charge is 0.434 e. The molecular weight excluding hydrogens is 462 g/mol. The van der Waals surface area contributed by atoms with Gasteiger partial charge >= 0.3 is 6.61 Å². The molecule has 6 rings (SSSR count). The highest BCUT2D eigenvalue weighted by Gasteiger charge is 2.44. The van der Waals surface area contributed by atoms with Crippen LogP contribution in [0.5, 0.6) is 5.75 Å². The summed E-state index contributed by atoms with van der Waals surface area (Å²) in [6.07, 6.45) is 10.3. The summed E-state index contributed by atoms with van der Waals surface area (Å²) in [4.78, 5) is 19.3. The fraction of sp³-hybridized carbons (Fsp3) is 0.429. The van der Waals surface area contributed by atoms with Crippen molar-refractivity contribution in [1.29, 1.82) is 0 Å². The van der Waals surface area contributed by atoms with Gasteiger partial charge in [0, 0.05) is 36.2 Å². The summed E-state index contributed by atoms with van der Waals surface area (Å²) < 4.78 is 32.9. The molecule has 1 N–H and O–H groups in total. The number of amides is 1. The van der Waals surface area contributed by atoms with Crippen LogP contribution in [0.2, 0.25) is 0 Å². The van der Waals surface area contributed by atoms with Crippen LogP contribution in [0.1, 0.15) is 78.9 Å². The van der Waals surface area contributed by atoms with Crippen LogP contribution in [0.3, 0.4) is 0 Å². The van der Waals surface area contributed by atoms with Crippen LogP contribution >= 0.6 is 0 Å². The average molecular weight is 495 g/mol. The Morgan fingerprint density at radius 3 is 2.53 bits per heavy atom. The molecule has 2 aromatic carbocycles. The molecule has 3 heterocycles. The Balaban J connectivity index is 0.000000330. The zero-order valence-corrected chi connectivity index (χ0v) is 21.1. The van der Waals surface area contributed by atoms with Gasteiger partial charge in [0.15, 0.2) is 0 Å². The standard InChI is InChI=1S/C21H15F2N3O2.C5H11N.C2H6/c1-3-11-7-8-13-14(9-11)26-15-10-16(19(26)24-13)25(2)20(27)12-5-4-6-17(18(12)15)28-21(22)23;1-6-5-3-2-4-5;1-2/h1,4-9,15-16,21H,10H2,2H3;5-6H,2-4H2,1H3;1-2H3/t15?,16-;;/m1../s1. The zero-order valence-electron chi connectivity index (χ0n) is 21.1. The molecule has 3 aliphatic rings. The van der Waals surface area contributed by atoms with Crippen molar-refractivity contribution in [1.82, 2.24) is 19.8 Å². The molecule has 8 heteroatoms. The minimum atomic E-state index is -2.98. The van der Waals surface area contributed by atoms with E-state index in [1.807, 2.05) is 43.7 Å². The molecule has 2 aliphatic heterocycles. The molecular formula is C28H32F2N4O2. The van der Waals surface area contributed by atoms with Crippen LogP contribution < -0.4 is 10.1 Å². The summed E-state index contributed by atoms with van der Waals surface area (Å²) in [5.74, 6) is 3.12. The van der Waals surface area contributed by atoms with E-state index in [2.05, 4.69) is 11.2 Å². The van der Waals surface area contributed by atoms with Crippen molar-refractivity contribution in [3.63, 3.8) is 0 Å². The third kappa shape index (κ3) is 4.44. The van der Waals surface area contributed by atoms with E-state index in [0.717, 1.165) is 22.9 Å². The van der Waals surface area contributed by atoms with Crippen LogP contribution in [0.15, 0.2) is 36.4 Å². The lowest BCUT2D eigenvalue weighted by atomic mass is 9.94. The SMILES string of the molecule is C#Cc1ccc2nc3n(c2c1)C1C[C@H]3N(C)C(=O)c2cccc(OC(F)F)c21.CC.CNC1CCC1. The lowest BCUT2D eigenvalue weighted by Gasteiger charge is -2.24. The Morgan fingerprint density at radius 2 is 1.94 bits per heavy atom. The maximum absolute atomic E-state index is 13.0. The number of alkyl halides is 2. The first-order chi connectivity index (χ1) is 17.4. The van der Waals surface area contributed by atoms with Gasteiger partial charge in [0.25, 0.3) is 5.91 Å². The van der Waals surface area contributed by atoms with Crippen molar-refractivity contribution in [3.05, 3.63) is 58.9 Å². The highest BCUT2D eigenvalue weighted by molar-refractivity contribution is 5.97. The Labute approximate surface area is 210 Å². The summed E-state index contributed by atoms with van der Waals surface area (Å²) in [6, 6.07) is 10.5. The smallest absolute Gasteiger partial charge is 0.387 e. The first-order valence-corrected chi connectivity index (χ1v) is 12.4. The second-order valence-electron chi connectivity index (χ2n) is 8.88. The molecule has 2 atom stereocenters. The molecule has 0 radical (unpaired) electrons. The zero-order chi connectivity index (χ0) is 26.0.